The normalized spacial score (nSPS) is 10.3. The third-order valence-corrected chi connectivity index (χ3v) is 2.90. The lowest BCUT2D eigenvalue weighted by Gasteiger charge is -2.03. The average molecular weight is 272 g/mol. The third kappa shape index (κ3) is 3.30. The van der Waals surface area contributed by atoms with Crippen LogP contribution in [0, 0.1) is 10.1 Å². The van der Waals surface area contributed by atoms with E-state index in [4.69, 9.17) is 0 Å². The largest absolute Gasteiger partial charge is 0.272 e. The van der Waals surface area contributed by atoms with Gasteiger partial charge in [-0.15, -0.1) is 0 Å². The molecule has 0 aromatic heterocycles. The summed E-state index contributed by atoms with van der Waals surface area (Å²) in [4.78, 5) is 10.6. The maximum atomic E-state index is 10.8. The maximum absolute atomic E-state index is 10.8. The maximum Gasteiger partial charge on any atom is 0.272 e. The Morgan fingerprint density at radius 1 is 1.47 bits per heavy atom. The molecule has 82 valence electrons. The molecule has 1 rings (SSSR count). The number of nitrogens with zero attached hydrogens (tertiary/aromatic N) is 1. The Bertz CT molecular complexity index is 352. The predicted octanol–water partition coefficient (Wildman–Crippen LogP) is 3.48. The van der Waals surface area contributed by atoms with Gasteiger partial charge in [-0.1, -0.05) is 35.0 Å². The molecule has 0 saturated heterocycles. The van der Waals surface area contributed by atoms with Crippen LogP contribution in [0.15, 0.2) is 18.2 Å². The van der Waals surface area contributed by atoms with E-state index in [1.54, 1.807) is 6.07 Å². The second-order valence-electron chi connectivity index (χ2n) is 3.37. The first kappa shape index (κ1) is 12.2. The first-order valence-electron chi connectivity index (χ1n) is 5.01. The van der Waals surface area contributed by atoms with Crippen LogP contribution in [0.25, 0.3) is 0 Å². The average Bonchev–Trinajstić information content (AvgIpc) is 2.26. The van der Waals surface area contributed by atoms with Crippen LogP contribution in [0.5, 0.6) is 0 Å². The van der Waals surface area contributed by atoms with Gasteiger partial charge < -0.3 is 0 Å². The second-order valence-corrected chi connectivity index (χ2v) is 4.16. The molecule has 0 amide bonds. The molecule has 0 saturated carbocycles. The monoisotopic (exact) mass is 271 g/mol. The summed E-state index contributed by atoms with van der Waals surface area (Å²) in [6, 6.07) is 5.53. The van der Waals surface area contributed by atoms with Crippen molar-refractivity contribution in [1.29, 1.82) is 0 Å². The van der Waals surface area contributed by atoms with Gasteiger partial charge in [-0.3, -0.25) is 10.1 Å². The van der Waals surface area contributed by atoms with E-state index in [0.717, 1.165) is 35.7 Å². The molecule has 1 aromatic carbocycles. The van der Waals surface area contributed by atoms with Crippen LogP contribution in [0.4, 0.5) is 5.69 Å². The minimum absolute atomic E-state index is 0.260. The number of rotatable bonds is 5. The second kappa shape index (κ2) is 5.85. The minimum Gasteiger partial charge on any atom is -0.258 e. The summed E-state index contributed by atoms with van der Waals surface area (Å²) in [6.45, 7) is 2.00. The van der Waals surface area contributed by atoms with Crippen molar-refractivity contribution in [2.24, 2.45) is 0 Å². The van der Waals surface area contributed by atoms with Crippen molar-refractivity contribution in [3.63, 3.8) is 0 Å². The topological polar surface area (TPSA) is 43.1 Å². The number of hydrogen-bond acceptors (Lipinski definition) is 2. The number of aryl methyl sites for hydroxylation is 2. The van der Waals surface area contributed by atoms with Gasteiger partial charge in [0.25, 0.3) is 5.69 Å². The highest BCUT2D eigenvalue weighted by atomic mass is 79.9. The number of halogens is 1. The summed E-state index contributed by atoms with van der Waals surface area (Å²) in [5.74, 6) is 0. The lowest BCUT2D eigenvalue weighted by molar-refractivity contribution is -0.385. The highest BCUT2D eigenvalue weighted by Crippen LogP contribution is 2.22. The van der Waals surface area contributed by atoms with Gasteiger partial charge >= 0.3 is 0 Å². The van der Waals surface area contributed by atoms with Crippen molar-refractivity contribution in [3.8, 4) is 0 Å². The van der Waals surface area contributed by atoms with Gasteiger partial charge in [-0.25, -0.2) is 0 Å². The molecule has 0 aliphatic heterocycles. The van der Waals surface area contributed by atoms with Crippen LogP contribution >= 0.6 is 15.9 Å². The summed E-state index contributed by atoms with van der Waals surface area (Å²) in [6.07, 6.45) is 2.51. The van der Waals surface area contributed by atoms with Crippen molar-refractivity contribution in [1.82, 2.24) is 0 Å². The van der Waals surface area contributed by atoms with Crippen molar-refractivity contribution < 1.29 is 4.92 Å². The van der Waals surface area contributed by atoms with Crippen LogP contribution in [-0.2, 0) is 12.8 Å². The number of nitro groups is 1. The Morgan fingerprint density at radius 3 is 2.73 bits per heavy atom. The van der Waals surface area contributed by atoms with E-state index in [1.165, 1.54) is 0 Å². The Morgan fingerprint density at radius 2 is 2.20 bits per heavy atom. The van der Waals surface area contributed by atoms with E-state index in [-0.39, 0.29) is 10.6 Å². The molecule has 0 aliphatic carbocycles. The minimum atomic E-state index is -0.289. The molecule has 4 heteroatoms. The van der Waals surface area contributed by atoms with Crippen molar-refractivity contribution in [2.45, 2.75) is 26.2 Å². The molecule has 0 spiro atoms. The van der Waals surface area contributed by atoms with Gasteiger partial charge in [0.1, 0.15) is 0 Å². The predicted molar refractivity (Wildman–Crippen MR) is 64.6 cm³/mol. The molecule has 0 radical (unpaired) electrons. The zero-order chi connectivity index (χ0) is 11.3. The molecule has 0 unspecified atom stereocenters. The Kier molecular flexibility index (Phi) is 4.75. The number of hydrogen-bond donors (Lipinski definition) is 0. The fourth-order valence-electron chi connectivity index (χ4n) is 1.47. The summed E-state index contributed by atoms with van der Waals surface area (Å²) < 4.78 is 0. The van der Waals surface area contributed by atoms with Gasteiger partial charge in [-0.05, 0) is 24.8 Å². The molecule has 0 heterocycles. The first-order chi connectivity index (χ1) is 7.19. The zero-order valence-corrected chi connectivity index (χ0v) is 10.3. The molecule has 0 fully saturated rings. The van der Waals surface area contributed by atoms with Crippen molar-refractivity contribution in [3.05, 3.63) is 39.4 Å². The Balaban J connectivity index is 2.98. The highest BCUT2D eigenvalue weighted by molar-refractivity contribution is 9.09. The van der Waals surface area contributed by atoms with E-state index in [1.807, 2.05) is 19.1 Å². The Hall–Kier alpha value is -0.900. The molecule has 0 aliphatic rings. The van der Waals surface area contributed by atoms with E-state index < -0.39 is 0 Å². The Labute approximate surface area is 97.8 Å². The van der Waals surface area contributed by atoms with Crippen LogP contribution in [0.2, 0.25) is 0 Å². The standard InChI is InChI=1S/C11H14BrNO2/c1-2-9-5-6-10(4-3-7-12)11(8-9)13(14)15/h5-6,8H,2-4,7H2,1H3. The third-order valence-electron chi connectivity index (χ3n) is 2.33. The van der Waals surface area contributed by atoms with Gasteiger partial charge in [-0.2, -0.15) is 0 Å². The smallest absolute Gasteiger partial charge is 0.258 e. The summed E-state index contributed by atoms with van der Waals surface area (Å²) in [5, 5.41) is 11.7. The number of alkyl halides is 1. The van der Waals surface area contributed by atoms with E-state index in [9.17, 15) is 10.1 Å². The lowest BCUT2D eigenvalue weighted by Crippen LogP contribution is -1.97. The van der Waals surface area contributed by atoms with Gasteiger partial charge in [0.05, 0.1) is 4.92 Å². The molecule has 0 bridgehead atoms. The van der Waals surface area contributed by atoms with Crippen molar-refractivity contribution >= 4 is 21.6 Å². The molecule has 0 N–H and O–H groups in total. The van der Waals surface area contributed by atoms with Gasteiger partial charge in [0.15, 0.2) is 0 Å². The molecule has 15 heavy (non-hydrogen) atoms. The van der Waals surface area contributed by atoms with Crippen LogP contribution in [0.3, 0.4) is 0 Å². The number of nitro benzene ring substituents is 1. The molecule has 1 aromatic rings. The van der Waals surface area contributed by atoms with Crippen LogP contribution in [0.1, 0.15) is 24.5 Å². The van der Waals surface area contributed by atoms with E-state index in [0.29, 0.717) is 0 Å². The van der Waals surface area contributed by atoms with Crippen LogP contribution in [-0.4, -0.2) is 10.3 Å². The van der Waals surface area contributed by atoms with Gasteiger partial charge in [0.2, 0.25) is 0 Å². The fraction of sp³-hybridized carbons (Fsp3) is 0.455. The zero-order valence-electron chi connectivity index (χ0n) is 8.70. The van der Waals surface area contributed by atoms with Crippen LogP contribution < -0.4 is 0 Å². The SMILES string of the molecule is CCc1ccc(CCCBr)c([N+](=O)[O-])c1. The lowest BCUT2D eigenvalue weighted by atomic mass is 10.0. The quantitative estimate of drug-likeness (QED) is 0.468. The first-order valence-corrected chi connectivity index (χ1v) is 6.13. The summed E-state index contributed by atoms with van der Waals surface area (Å²) >= 11 is 3.33. The fourth-order valence-corrected chi connectivity index (χ4v) is 1.75. The highest BCUT2D eigenvalue weighted by Gasteiger charge is 2.13. The van der Waals surface area contributed by atoms with E-state index >= 15 is 0 Å². The van der Waals surface area contributed by atoms with Gasteiger partial charge in [0, 0.05) is 17.0 Å². The van der Waals surface area contributed by atoms with E-state index in [2.05, 4.69) is 15.9 Å². The molecular formula is C11H14BrNO2. The van der Waals surface area contributed by atoms with Crippen molar-refractivity contribution in [2.75, 3.05) is 5.33 Å². The molecule has 3 nitrogen and oxygen atoms in total. The summed E-state index contributed by atoms with van der Waals surface area (Å²) in [7, 11) is 0. The summed E-state index contributed by atoms with van der Waals surface area (Å²) in [5.41, 5.74) is 2.11. The number of benzene rings is 1. The molecule has 0 atom stereocenters. The molecular weight excluding hydrogens is 258 g/mol.